The van der Waals surface area contributed by atoms with E-state index in [0.717, 1.165) is 37.4 Å². The molecule has 2 aliphatic rings. The van der Waals surface area contributed by atoms with E-state index in [1.165, 1.54) is 12.8 Å². The van der Waals surface area contributed by atoms with Crippen molar-refractivity contribution >= 4 is 0 Å². The minimum atomic E-state index is -0.383. The highest BCUT2D eigenvalue weighted by atomic mass is 16.5. The highest BCUT2D eigenvalue weighted by molar-refractivity contribution is 5.29. The Bertz CT molecular complexity index is 377. The first-order valence-corrected chi connectivity index (χ1v) is 6.83. The van der Waals surface area contributed by atoms with E-state index in [1.54, 1.807) is 0 Å². The smallest absolute Gasteiger partial charge is 0.119 e. The number of benzene rings is 1. The van der Waals surface area contributed by atoms with Crippen LogP contribution in [0.2, 0.25) is 0 Å². The van der Waals surface area contributed by atoms with E-state index in [9.17, 15) is 5.11 Å². The minimum absolute atomic E-state index is 0.383. The first kappa shape index (κ1) is 12.0. The van der Waals surface area contributed by atoms with Crippen LogP contribution in [0.15, 0.2) is 24.3 Å². The van der Waals surface area contributed by atoms with E-state index in [4.69, 9.17) is 9.47 Å². The van der Waals surface area contributed by atoms with Crippen LogP contribution in [0.1, 0.15) is 37.4 Å². The average Bonchev–Trinajstić information content (AvgIpc) is 3.04. The predicted molar refractivity (Wildman–Crippen MR) is 68.6 cm³/mol. The van der Waals surface area contributed by atoms with Crippen LogP contribution in [0.3, 0.4) is 0 Å². The van der Waals surface area contributed by atoms with E-state index < -0.39 is 0 Å². The summed E-state index contributed by atoms with van der Waals surface area (Å²) in [5.41, 5.74) is 0.977. The van der Waals surface area contributed by atoms with Crippen molar-refractivity contribution in [1.82, 2.24) is 0 Å². The van der Waals surface area contributed by atoms with Gasteiger partial charge in [-0.15, -0.1) is 0 Å². The molecule has 0 bridgehead atoms. The van der Waals surface area contributed by atoms with E-state index in [0.29, 0.717) is 12.0 Å². The quantitative estimate of drug-likeness (QED) is 0.870. The van der Waals surface area contributed by atoms with Crippen LogP contribution in [0, 0.1) is 5.92 Å². The molecule has 0 aromatic heterocycles. The van der Waals surface area contributed by atoms with Gasteiger partial charge in [0.25, 0.3) is 0 Å². The molecule has 98 valence electrons. The molecule has 3 rings (SSSR count). The minimum Gasteiger partial charge on any atom is -0.490 e. The molecule has 1 N–H and O–H groups in total. The summed E-state index contributed by atoms with van der Waals surface area (Å²) in [7, 11) is 0. The van der Waals surface area contributed by atoms with Gasteiger partial charge in [0.2, 0.25) is 0 Å². The number of aliphatic hydroxyl groups is 1. The summed E-state index contributed by atoms with van der Waals surface area (Å²) in [6.45, 7) is 1.63. The van der Waals surface area contributed by atoms with E-state index >= 15 is 0 Å². The van der Waals surface area contributed by atoms with Crippen molar-refractivity contribution in [3.8, 4) is 5.75 Å². The Morgan fingerprint density at radius 3 is 2.61 bits per heavy atom. The number of hydrogen-bond acceptors (Lipinski definition) is 3. The molecule has 1 heterocycles. The third-order valence-electron chi connectivity index (χ3n) is 3.67. The Kier molecular flexibility index (Phi) is 3.52. The molecule has 2 unspecified atom stereocenters. The van der Waals surface area contributed by atoms with Gasteiger partial charge in [-0.05, 0) is 49.3 Å². The number of rotatable bonds is 5. The molecule has 2 atom stereocenters. The third kappa shape index (κ3) is 3.03. The normalized spacial score (nSPS) is 25.1. The zero-order valence-electron chi connectivity index (χ0n) is 10.5. The lowest BCUT2D eigenvalue weighted by atomic mass is 9.96. The molecule has 1 aliphatic carbocycles. The zero-order valence-corrected chi connectivity index (χ0v) is 10.5. The van der Waals surface area contributed by atoms with Crippen molar-refractivity contribution in [1.29, 1.82) is 0 Å². The number of hydrogen-bond donors (Lipinski definition) is 1. The van der Waals surface area contributed by atoms with Gasteiger partial charge >= 0.3 is 0 Å². The fourth-order valence-corrected chi connectivity index (χ4v) is 2.37. The first-order chi connectivity index (χ1) is 8.81. The lowest BCUT2D eigenvalue weighted by Crippen LogP contribution is -2.07. The van der Waals surface area contributed by atoms with Crippen LogP contribution in [0.5, 0.6) is 5.75 Å². The maximum atomic E-state index is 10.2. The van der Waals surface area contributed by atoms with E-state index in [1.807, 2.05) is 24.3 Å². The van der Waals surface area contributed by atoms with Crippen LogP contribution >= 0.6 is 0 Å². The highest BCUT2D eigenvalue weighted by Gasteiger charge is 2.24. The van der Waals surface area contributed by atoms with Gasteiger partial charge < -0.3 is 14.6 Å². The molecule has 0 spiro atoms. The molecular weight excluding hydrogens is 228 g/mol. The largest absolute Gasteiger partial charge is 0.490 e. The Morgan fingerprint density at radius 1 is 1.22 bits per heavy atom. The van der Waals surface area contributed by atoms with Crippen molar-refractivity contribution in [2.75, 3.05) is 13.2 Å². The Labute approximate surface area is 108 Å². The summed E-state index contributed by atoms with van der Waals surface area (Å²) in [5.74, 6) is 1.42. The van der Waals surface area contributed by atoms with Crippen molar-refractivity contribution in [2.24, 2.45) is 5.92 Å². The number of aliphatic hydroxyl groups excluding tert-OH is 1. The number of ether oxygens (including phenoxy) is 2. The first-order valence-electron chi connectivity index (χ1n) is 6.83. The Hall–Kier alpha value is -1.06. The molecule has 0 amide bonds. The van der Waals surface area contributed by atoms with Gasteiger partial charge in [-0.1, -0.05) is 12.1 Å². The zero-order chi connectivity index (χ0) is 12.4. The second kappa shape index (κ2) is 5.29. The Balaban J connectivity index is 1.56. The lowest BCUT2D eigenvalue weighted by Gasteiger charge is -2.15. The van der Waals surface area contributed by atoms with Crippen molar-refractivity contribution in [3.05, 3.63) is 29.8 Å². The summed E-state index contributed by atoms with van der Waals surface area (Å²) in [4.78, 5) is 0. The summed E-state index contributed by atoms with van der Waals surface area (Å²) < 4.78 is 11.0. The summed E-state index contributed by atoms with van der Waals surface area (Å²) in [5, 5.41) is 10.2. The predicted octanol–water partition coefficient (Wildman–Crippen LogP) is 2.69. The van der Waals surface area contributed by atoms with Gasteiger partial charge in [0.05, 0.1) is 12.2 Å². The lowest BCUT2D eigenvalue weighted by molar-refractivity contribution is 0.129. The molecule has 0 radical (unpaired) electrons. The van der Waals surface area contributed by atoms with Crippen LogP contribution in [-0.4, -0.2) is 24.4 Å². The standard InChI is InChI=1S/C15H20O3/c16-15(9-11-7-8-17-10-11)12-1-3-13(4-2-12)18-14-5-6-14/h1-4,11,14-16H,5-10H2. The maximum absolute atomic E-state index is 10.2. The monoisotopic (exact) mass is 248 g/mol. The van der Waals surface area contributed by atoms with Gasteiger partial charge in [-0.2, -0.15) is 0 Å². The maximum Gasteiger partial charge on any atom is 0.119 e. The second-order valence-electron chi connectivity index (χ2n) is 5.37. The van der Waals surface area contributed by atoms with E-state index in [-0.39, 0.29) is 6.10 Å². The summed E-state index contributed by atoms with van der Waals surface area (Å²) >= 11 is 0. The van der Waals surface area contributed by atoms with Crippen LogP contribution < -0.4 is 4.74 Å². The third-order valence-corrected chi connectivity index (χ3v) is 3.67. The molecule has 1 aliphatic heterocycles. The fraction of sp³-hybridized carbons (Fsp3) is 0.600. The SMILES string of the molecule is OC(CC1CCOC1)c1ccc(OC2CC2)cc1. The van der Waals surface area contributed by atoms with Crippen molar-refractivity contribution in [2.45, 2.75) is 37.9 Å². The highest BCUT2D eigenvalue weighted by Crippen LogP contribution is 2.30. The van der Waals surface area contributed by atoms with Crippen LogP contribution in [0.4, 0.5) is 0 Å². The van der Waals surface area contributed by atoms with E-state index in [2.05, 4.69) is 0 Å². The summed E-state index contributed by atoms with van der Waals surface area (Å²) in [6.07, 6.45) is 4.25. The molecule has 1 aromatic rings. The van der Waals surface area contributed by atoms with Gasteiger partial charge in [-0.25, -0.2) is 0 Å². The van der Waals surface area contributed by atoms with Crippen molar-refractivity contribution < 1.29 is 14.6 Å². The topological polar surface area (TPSA) is 38.7 Å². The molecule has 1 saturated heterocycles. The van der Waals surface area contributed by atoms with Gasteiger partial charge in [0.1, 0.15) is 5.75 Å². The van der Waals surface area contributed by atoms with Crippen LogP contribution in [-0.2, 0) is 4.74 Å². The average molecular weight is 248 g/mol. The molecule has 1 aromatic carbocycles. The molecule has 3 heteroatoms. The van der Waals surface area contributed by atoms with Crippen molar-refractivity contribution in [3.63, 3.8) is 0 Å². The fourth-order valence-electron chi connectivity index (χ4n) is 2.37. The Morgan fingerprint density at radius 2 is 2.00 bits per heavy atom. The molecule has 1 saturated carbocycles. The second-order valence-corrected chi connectivity index (χ2v) is 5.37. The summed E-state index contributed by atoms with van der Waals surface area (Å²) in [6, 6.07) is 7.86. The molecule has 18 heavy (non-hydrogen) atoms. The van der Waals surface area contributed by atoms with Crippen LogP contribution in [0.25, 0.3) is 0 Å². The van der Waals surface area contributed by atoms with Gasteiger partial charge in [-0.3, -0.25) is 0 Å². The molecular formula is C15H20O3. The van der Waals surface area contributed by atoms with Gasteiger partial charge in [0.15, 0.2) is 0 Å². The molecule has 2 fully saturated rings. The van der Waals surface area contributed by atoms with Gasteiger partial charge in [0, 0.05) is 13.2 Å². The molecule has 3 nitrogen and oxygen atoms in total.